The van der Waals surface area contributed by atoms with Crippen molar-refractivity contribution in [2.24, 2.45) is 0 Å². The largest absolute Gasteiger partial charge is 0.377 e. The van der Waals surface area contributed by atoms with E-state index in [0.717, 1.165) is 11.6 Å². The van der Waals surface area contributed by atoms with Crippen molar-refractivity contribution in [1.82, 2.24) is 0 Å². The van der Waals surface area contributed by atoms with Crippen LogP contribution in [-0.2, 0) is 6.42 Å². The smallest absolute Gasteiger partial charge is 0.164 e. The van der Waals surface area contributed by atoms with Crippen molar-refractivity contribution in [2.45, 2.75) is 18.9 Å². The van der Waals surface area contributed by atoms with Crippen LogP contribution in [-0.4, -0.2) is 0 Å². The molecule has 5 heteroatoms. The van der Waals surface area contributed by atoms with Gasteiger partial charge in [-0.15, -0.1) is 0 Å². The van der Waals surface area contributed by atoms with Gasteiger partial charge in [-0.25, -0.2) is 8.78 Å². The van der Waals surface area contributed by atoms with Gasteiger partial charge in [0, 0.05) is 15.1 Å². The molecular formula is C15H11BrClF2N. The minimum Gasteiger partial charge on any atom is -0.377 e. The van der Waals surface area contributed by atoms with Crippen LogP contribution in [0.3, 0.4) is 0 Å². The Morgan fingerprint density at radius 3 is 2.80 bits per heavy atom. The molecule has 1 unspecified atom stereocenters. The van der Waals surface area contributed by atoms with Gasteiger partial charge in [0.2, 0.25) is 0 Å². The van der Waals surface area contributed by atoms with Crippen LogP contribution < -0.4 is 5.32 Å². The molecule has 1 aliphatic rings. The van der Waals surface area contributed by atoms with Crippen molar-refractivity contribution in [3.8, 4) is 0 Å². The molecule has 0 spiro atoms. The topological polar surface area (TPSA) is 12.0 Å². The third-order valence-corrected chi connectivity index (χ3v) is 4.38. The van der Waals surface area contributed by atoms with E-state index in [2.05, 4.69) is 21.2 Å². The van der Waals surface area contributed by atoms with Crippen LogP contribution in [0.5, 0.6) is 0 Å². The Labute approximate surface area is 129 Å². The van der Waals surface area contributed by atoms with Crippen LogP contribution in [0, 0.1) is 11.6 Å². The molecule has 1 N–H and O–H groups in total. The first kappa shape index (κ1) is 13.8. The van der Waals surface area contributed by atoms with Crippen molar-refractivity contribution in [2.75, 3.05) is 5.32 Å². The summed E-state index contributed by atoms with van der Waals surface area (Å²) in [5, 5.41) is 3.93. The lowest BCUT2D eigenvalue weighted by Gasteiger charge is -2.28. The fraction of sp³-hybridized carbons (Fsp3) is 0.200. The molecular weight excluding hydrogens is 348 g/mol. The maximum Gasteiger partial charge on any atom is 0.164 e. The highest BCUT2D eigenvalue weighted by Gasteiger charge is 2.25. The summed E-state index contributed by atoms with van der Waals surface area (Å²) < 4.78 is 27.7. The summed E-state index contributed by atoms with van der Waals surface area (Å²) in [6, 6.07) is 8.76. The van der Waals surface area contributed by atoms with Crippen molar-refractivity contribution in [3.63, 3.8) is 0 Å². The van der Waals surface area contributed by atoms with Crippen molar-refractivity contribution in [3.05, 3.63) is 62.6 Å². The second kappa shape index (κ2) is 5.34. The SMILES string of the molecule is Fc1cc(Br)c2c(c1F)CCC(c1cccc(Cl)c1)N2. The number of hydrogen-bond donors (Lipinski definition) is 1. The second-order valence-electron chi connectivity index (χ2n) is 4.80. The van der Waals surface area contributed by atoms with Gasteiger partial charge in [-0.2, -0.15) is 0 Å². The first-order valence-corrected chi connectivity index (χ1v) is 7.41. The molecule has 0 saturated carbocycles. The summed E-state index contributed by atoms with van der Waals surface area (Å²) in [6.07, 6.45) is 1.18. The van der Waals surface area contributed by atoms with Gasteiger partial charge >= 0.3 is 0 Å². The highest BCUT2D eigenvalue weighted by Crippen LogP contribution is 2.39. The average molecular weight is 359 g/mol. The minimum absolute atomic E-state index is 0.0439. The monoisotopic (exact) mass is 357 g/mol. The van der Waals surface area contributed by atoms with E-state index < -0.39 is 11.6 Å². The van der Waals surface area contributed by atoms with Crippen molar-refractivity contribution >= 4 is 33.2 Å². The van der Waals surface area contributed by atoms with Crippen LogP contribution in [0.25, 0.3) is 0 Å². The third-order valence-electron chi connectivity index (χ3n) is 3.52. The lowest BCUT2D eigenvalue weighted by molar-refractivity contribution is 0.490. The molecule has 0 aromatic heterocycles. The molecule has 1 nitrogen and oxygen atoms in total. The number of nitrogens with one attached hydrogen (secondary N) is 1. The number of rotatable bonds is 1. The Morgan fingerprint density at radius 1 is 1.25 bits per heavy atom. The Balaban J connectivity index is 1.98. The van der Waals surface area contributed by atoms with Crippen LogP contribution in [0.15, 0.2) is 34.8 Å². The van der Waals surface area contributed by atoms with E-state index in [0.29, 0.717) is 33.6 Å². The van der Waals surface area contributed by atoms with E-state index >= 15 is 0 Å². The Bertz CT molecular complexity index is 675. The average Bonchev–Trinajstić information content (AvgIpc) is 2.44. The Kier molecular flexibility index (Phi) is 3.69. The van der Waals surface area contributed by atoms with Gasteiger partial charge in [0.15, 0.2) is 11.6 Å². The third kappa shape index (κ3) is 2.42. The molecule has 1 heterocycles. The summed E-state index contributed by atoms with van der Waals surface area (Å²) in [7, 11) is 0. The molecule has 1 atom stereocenters. The molecule has 1 aliphatic heterocycles. The molecule has 0 radical (unpaired) electrons. The van der Waals surface area contributed by atoms with Crippen molar-refractivity contribution in [1.29, 1.82) is 0 Å². The highest BCUT2D eigenvalue weighted by atomic mass is 79.9. The molecule has 20 heavy (non-hydrogen) atoms. The van der Waals surface area contributed by atoms with Gasteiger partial charge < -0.3 is 5.32 Å². The van der Waals surface area contributed by atoms with Crippen LogP contribution in [0.2, 0.25) is 5.02 Å². The molecule has 3 rings (SSSR count). The van der Waals surface area contributed by atoms with E-state index in [1.807, 2.05) is 24.3 Å². The number of fused-ring (bicyclic) bond motifs is 1. The zero-order valence-corrected chi connectivity index (χ0v) is 12.7. The predicted molar refractivity (Wildman–Crippen MR) is 80.2 cm³/mol. The van der Waals surface area contributed by atoms with E-state index in [1.165, 1.54) is 0 Å². The molecule has 0 aliphatic carbocycles. The fourth-order valence-corrected chi connectivity index (χ4v) is 3.30. The van der Waals surface area contributed by atoms with Gasteiger partial charge in [-0.05, 0) is 52.5 Å². The molecule has 0 amide bonds. The minimum atomic E-state index is -0.821. The first-order valence-electron chi connectivity index (χ1n) is 6.24. The maximum atomic E-state index is 13.8. The lowest BCUT2D eigenvalue weighted by Crippen LogP contribution is -2.20. The van der Waals surface area contributed by atoms with Gasteiger partial charge in [-0.1, -0.05) is 23.7 Å². The standard InChI is InChI=1S/C15H11BrClF2N/c16-11-7-12(18)14(19)10-4-5-13(20-15(10)11)8-2-1-3-9(17)6-8/h1-3,6-7,13,20H,4-5H2. The van der Waals surface area contributed by atoms with Crippen LogP contribution >= 0.6 is 27.5 Å². The quantitative estimate of drug-likeness (QED) is 0.666. The first-order chi connectivity index (χ1) is 9.56. The highest BCUT2D eigenvalue weighted by molar-refractivity contribution is 9.10. The number of anilines is 1. The lowest BCUT2D eigenvalue weighted by atomic mass is 9.93. The predicted octanol–water partition coefficient (Wildman–Crippen LogP) is 5.48. The summed E-state index contributed by atoms with van der Waals surface area (Å²) in [6.45, 7) is 0. The molecule has 0 bridgehead atoms. The Hall–Kier alpha value is -1.13. The molecule has 0 fully saturated rings. The van der Waals surface area contributed by atoms with Crippen LogP contribution in [0.1, 0.15) is 23.6 Å². The second-order valence-corrected chi connectivity index (χ2v) is 6.09. The molecule has 104 valence electrons. The van der Waals surface area contributed by atoms with Gasteiger partial charge in [0.25, 0.3) is 0 Å². The molecule has 2 aromatic rings. The number of halogens is 4. The van der Waals surface area contributed by atoms with E-state index in [1.54, 1.807) is 0 Å². The van der Waals surface area contributed by atoms with Gasteiger partial charge in [0.1, 0.15) is 0 Å². The molecule has 2 aromatic carbocycles. The summed E-state index contributed by atoms with van der Waals surface area (Å²) in [4.78, 5) is 0. The Morgan fingerprint density at radius 2 is 2.05 bits per heavy atom. The zero-order chi connectivity index (χ0) is 14.3. The van der Waals surface area contributed by atoms with Gasteiger partial charge in [-0.3, -0.25) is 0 Å². The normalized spacial score (nSPS) is 17.5. The van der Waals surface area contributed by atoms with E-state index in [4.69, 9.17) is 11.6 Å². The summed E-state index contributed by atoms with van der Waals surface area (Å²) in [5.41, 5.74) is 2.06. The molecule has 0 saturated heterocycles. The fourth-order valence-electron chi connectivity index (χ4n) is 2.54. The number of hydrogen-bond acceptors (Lipinski definition) is 1. The number of benzene rings is 2. The van der Waals surface area contributed by atoms with Crippen molar-refractivity contribution < 1.29 is 8.78 Å². The van der Waals surface area contributed by atoms with Crippen LogP contribution in [0.4, 0.5) is 14.5 Å². The van der Waals surface area contributed by atoms with E-state index in [-0.39, 0.29) is 6.04 Å². The van der Waals surface area contributed by atoms with Gasteiger partial charge in [0.05, 0.1) is 11.7 Å². The van der Waals surface area contributed by atoms with E-state index in [9.17, 15) is 8.78 Å². The zero-order valence-electron chi connectivity index (χ0n) is 10.4. The summed E-state index contributed by atoms with van der Waals surface area (Å²) >= 11 is 9.28. The summed E-state index contributed by atoms with van der Waals surface area (Å²) in [5.74, 6) is -1.58. The maximum absolute atomic E-state index is 13.8.